The number of methoxy groups -OCH3 is 1. The zero-order chi connectivity index (χ0) is 14.4. The zero-order valence-electron chi connectivity index (χ0n) is 12.3. The van der Waals surface area contributed by atoms with E-state index in [0.29, 0.717) is 0 Å². The number of benzene rings is 1. The van der Waals surface area contributed by atoms with Crippen molar-refractivity contribution in [3.05, 3.63) is 41.7 Å². The van der Waals surface area contributed by atoms with E-state index in [-0.39, 0.29) is 6.04 Å². The fourth-order valence-corrected chi connectivity index (χ4v) is 2.32. The predicted molar refractivity (Wildman–Crippen MR) is 78.7 cm³/mol. The third-order valence-corrected chi connectivity index (χ3v) is 3.44. The monoisotopic (exact) mass is 274 g/mol. The van der Waals surface area contributed by atoms with E-state index in [1.54, 1.807) is 7.11 Å². The summed E-state index contributed by atoms with van der Waals surface area (Å²) in [6.45, 7) is 3.04. The molecule has 1 N–H and O–H groups in total. The largest absolute Gasteiger partial charge is 0.497 e. The molecule has 0 saturated carbocycles. The molecule has 0 bridgehead atoms. The molecule has 1 aromatic carbocycles. The molecule has 1 atom stereocenters. The van der Waals surface area contributed by atoms with Crippen LogP contribution in [-0.2, 0) is 13.5 Å². The first-order valence-electron chi connectivity index (χ1n) is 6.95. The van der Waals surface area contributed by atoms with Crippen molar-refractivity contribution in [2.24, 2.45) is 7.05 Å². The van der Waals surface area contributed by atoms with Crippen LogP contribution in [0.2, 0.25) is 0 Å². The van der Waals surface area contributed by atoms with Crippen LogP contribution in [0.3, 0.4) is 0 Å². The average Bonchev–Trinajstić information content (AvgIpc) is 2.90. The first kappa shape index (κ1) is 14.5. The van der Waals surface area contributed by atoms with Crippen LogP contribution in [0.15, 0.2) is 30.5 Å². The maximum atomic E-state index is 5.18. The van der Waals surface area contributed by atoms with Gasteiger partial charge in [0.05, 0.1) is 25.0 Å². The van der Waals surface area contributed by atoms with Gasteiger partial charge in [0.1, 0.15) is 5.75 Å². The molecule has 2 aromatic rings. The van der Waals surface area contributed by atoms with Crippen molar-refractivity contribution >= 4 is 0 Å². The van der Waals surface area contributed by atoms with Gasteiger partial charge in [-0.3, -0.25) is 4.68 Å². The summed E-state index contributed by atoms with van der Waals surface area (Å²) in [5, 5.41) is 11.5. The fraction of sp³-hybridized carbons (Fsp3) is 0.467. The molecule has 2 rings (SSSR count). The SMILES string of the molecule is CCNC(CCc1ccc(OC)cc1)c1cnnn1C. The number of aryl methyl sites for hydroxylation is 2. The zero-order valence-corrected chi connectivity index (χ0v) is 12.3. The summed E-state index contributed by atoms with van der Waals surface area (Å²) in [5.74, 6) is 0.896. The van der Waals surface area contributed by atoms with Gasteiger partial charge in [0, 0.05) is 7.05 Å². The molecule has 0 aliphatic rings. The van der Waals surface area contributed by atoms with Gasteiger partial charge in [-0.25, -0.2) is 0 Å². The Hall–Kier alpha value is -1.88. The minimum Gasteiger partial charge on any atom is -0.497 e. The highest BCUT2D eigenvalue weighted by atomic mass is 16.5. The third kappa shape index (κ3) is 3.57. The van der Waals surface area contributed by atoms with Crippen LogP contribution in [0.1, 0.15) is 30.6 Å². The molecular weight excluding hydrogens is 252 g/mol. The molecule has 1 aromatic heterocycles. The summed E-state index contributed by atoms with van der Waals surface area (Å²) >= 11 is 0. The number of aromatic nitrogens is 3. The van der Waals surface area contributed by atoms with Crippen LogP contribution in [0.4, 0.5) is 0 Å². The van der Waals surface area contributed by atoms with E-state index in [1.807, 2.05) is 30.1 Å². The van der Waals surface area contributed by atoms with Crippen LogP contribution >= 0.6 is 0 Å². The van der Waals surface area contributed by atoms with Crippen molar-refractivity contribution < 1.29 is 4.74 Å². The predicted octanol–water partition coefficient (Wildman–Crippen LogP) is 2.11. The molecule has 0 spiro atoms. The van der Waals surface area contributed by atoms with Crippen LogP contribution in [0, 0.1) is 0 Å². The van der Waals surface area contributed by atoms with Gasteiger partial charge in [-0.15, -0.1) is 5.10 Å². The van der Waals surface area contributed by atoms with Crippen LogP contribution < -0.4 is 10.1 Å². The maximum absolute atomic E-state index is 5.18. The second-order valence-corrected chi connectivity index (χ2v) is 4.78. The van der Waals surface area contributed by atoms with Gasteiger partial charge in [0.25, 0.3) is 0 Å². The molecule has 0 aliphatic carbocycles. The second-order valence-electron chi connectivity index (χ2n) is 4.78. The van der Waals surface area contributed by atoms with E-state index in [4.69, 9.17) is 4.74 Å². The maximum Gasteiger partial charge on any atom is 0.118 e. The van der Waals surface area contributed by atoms with Gasteiger partial charge in [-0.2, -0.15) is 0 Å². The Labute approximate surface area is 120 Å². The van der Waals surface area contributed by atoms with Gasteiger partial charge in [-0.1, -0.05) is 24.3 Å². The molecule has 108 valence electrons. The van der Waals surface area contributed by atoms with Crippen molar-refractivity contribution in [2.75, 3.05) is 13.7 Å². The lowest BCUT2D eigenvalue weighted by Gasteiger charge is -2.17. The highest BCUT2D eigenvalue weighted by molar-refractivity contribution is 5.27. The highest BCUT2D eigenvalue weighted by Crippen LogP contribution is 2.19. The van der Waals surface area contributed by atoms with Crippen molar-refractivity contribution in [2.45, 2.75) is 25.8 Å². The summed E-state index contributed by atoms with van der Waals surface area (Å²) in [7, 11) is 3.62. The Morgan fingerprint density at radius 3 is 2.60 bits per heavy atom. The molecule has 0 radical (unpaired) electrons. The minimum absolute atomic E-state index is 0.280. The minimum atomic E-state index is 0.280. The average molecular weight is 274 g/mol. The Bertz CT molecular complexity index is 521. The fourth-order valence-electron chi connectivity index (χ4n) is 2.32. The Morgan fingerprint density at radius 1 is 1.30 bits per heavy atom. The van der Waals surface area contributed by atoms with E-state index >= 15 is 0 Å². The molecule has 5 heteroatoms. The quantitative estimate of drug-likeness (QED) is 0.840. The van der Waals surface area contributed by atoms with E-state index in [9.17, 15) is 0 Å². The molecule has 20 heavy (non-hydrogen) atoms. The molecular formula is C15H22N4O. The van der Waals surface area contributed by atoms with Crippen molar-refractivity contribution in [3.63, 3.8) is 0 Å². The second kappa shape index (κ2) is 7.05. The Morgan fingerprint density at radius 2 is 2.05 bits per heavy atom. The van der Waals surface area contributed by atoms with Crippen molar-refractivity contribution in [3.8, 4) is 5.75 Å². The third-order valence-electron chi connectivity index (χ3n) is 3.44. The van der Waals surface area contributed by atoms with Gasteiger partial charge >= 0.3 is 0 Å². The molecule has 0 amide bonds. The smallest absolute Gasteiger partial charge is 0.118 e. The number of nitrogens with one attached hydrogen (secondary N) is 1. The van der Waals surface area contributed by atoms with Gasteiger partial charge in [0.2, 0.25) is 0 Å². The van der Waals surface area contributed by atoms with E-state index in [2.05, 4.69) is 34.7 Å². The molecule has 1 heterocycles. The molecule has 0 fully saturated rings. The molecule has 0 aliphatic heterocycles. The normalized spacial score (nSPS) is 12.3. The summed E-state index contributed by atoms with van der Waals surface area (Å²) < 4.78 is 7.01. The lowest BCUT2D eigenvalue weighted by molar-refractivity contribution is 0.414. The van der Waals surface area contributed by atoms with Gasteiger partial charge < -0.3 is 10.1 Å². The van der Waals surface area contributed by atoms with Gasteiger partial charge in [0.15, 0.2) is 0 Å². The number of hydrogen-bond donors (Lipinski definition) is 1. The van der Waals surface area contributed by atoms with Crippen molar-refractivity contribution in [1.82, 2.24) is 20.3 Å². The number of nitrogens with zero attached hydrogens (tertiary/aromatic N) is 3. The molecule has 1 unspecified atom stereocenters. The van der Waals surface area contributed by atoms with E-state index < -0.39 is 0 Å². The summed E-state index contributed by atoms with van der Waals surface area (Å²) in [4.78, 5) is 0. The number of ether oxygens (including phenoxy) is 1. The first-order valence-corrected chi connectivity index (χ1v) is 6.95. The van der Waals surface area contributed by atoms with Crippen LogP contribution in [0.5, 0.6) is 5.75 Å². The summed E-state index contributed by atoms with van der Waals surface area (Å²) in [6, 6.07) is 8.51. The topological polar surface area (TPSA) is 52.0 Å². The van der Waals surface area contributed by atoms with Gasteiger partial charge in [-0.05, 0) is 37.1 Å². The first-order chi connectivity index (χ1) is 9.74. The molecule has 5 nitrogen and oxygen atoms in total. The lowest BCUT2D eigenvalue weighted by Crippen LogP contribution is -2.23. The lowest BCUT2D eigenvalue weighted by atomic mass is 10.0. The highest BCUT2D eigenvalue weighted by Gasteiger charge is 2.14. The summed E-state index contributed by atoms with van der Waals surface area (Å²) in [6.07, 6.45) is 3.86. The molecule has 0 saturated heterocycles. The van der Waals surface area contributed by atoms with Crippen molar-refractivity contribution in [1.29, 1.82) is 0 Å². The van der Waals surface area contributed by atoms with E-state index in [0.717, 1.165) is 30.8 Å². The number of rotatable bonds is 7. The number of hydrogen-bond acceptors (Lipinski definition) is 4. The van der Waals surface area contributed by atoms with Crippen LogP contribution in [-0.4, -0.2) is 28.6 Å². The van der Waals surface area contributed by atoms with Crippen LogP contribution in [0.25, 0.3) is 0 Å². The Kier molecular flexibility index (Phi) is 5.12. The van der Waals surface area contributed by atoms with E-state index in [1.165, 1.54) is 5.56 Å². The standard InChI is InChI=1S/C15H22N4O/c1-4-16-14(15-11-17-18-19(15)2)10-7-12-5-8-13(20-3)9-6-12/h5-6,8-9,11,14,16H,4,7,10H2,1-3H3. The Balaban J connectivity index is 2.00. The summed E-state index contributed by atoms with van der Waals surface area (Å²) in [5.41, 5.74) is 2.43.